The Bertz CT molecular complexity index is 690. The Balaban J connectivity index is 1.65. The summed E-state index contributed by atoms with van der Waals surface area (Å²) in [4.78, 5) is 16.4. The molecule has 1 saturated heterocycles. The molecule has 0 spiro atoms. The van der Waals surface area contributed by atoms with Crippen LogP contribution in [-0.4, -0.2) is 65.3 Å². The first-order chi connectivity index (χ1) is 11.6. The lowest BCUT2D eigenvalue weighted by atomic mass is 10.2. The Kier molecular flexibility index (Phi) is 5.27. The maximum atomic E-state index is 12.4. The summed E-state index contributed by atoms with van der Waals surface area (Å²) in [6.07, 6.45) is 1.81. The van der Waals surface area contributed by atoms with Crippen LogP contribution in [0.2, 0.25) is 0 Å². The number of carbonyl (C=O) groups is 1. The largest absolute Gasteiger partial charge is 0.339 e. The van der Waals surface area contributed by atoms with Gasteiger partial charge in [0.1, 0.15) is 0 Å². The maximum Gasteiger partial charge on any atom is 0.236 e. The first kappa shape index (κ1) is 16.7. The number of likely N-dealkylation sites (N-methyl/N-ethyl adjacent to an activating group) is 1. The average Bonchev–Trinajstić information content (AvgIpc) is 3.03. The molecular formula is C18H25N5O. The highest BCUT2D eigenvalue weighted by atomic mass is 16.2. The van der Waals surface area contributed by atoms with Crippen molar-refractivity contribution in [2.24, 2.45) is 0 Å². The number of nitrogens with one attached hydrogen (secondary N) is 1. The van der Waals surface area contributed by atoms with E-state index in [4.69, 9.17) is 0 Å². The van der Waals surface area contributed by atoms with Gasteiger partial charge in [0.05, 0.1) is 17.9 Å². The number of aromatic nitrogens is 2. The Morgan fingerprint density at radius 1 is 1.25 bits per heavy atom. The fourth-order valence-electron chi connectivity index (χ4n) is 3.05. The van der Waals surface area contributed by atoms with Gasteiger partial charge in [0.25, 0.3) is 0 Å². The normalized spacial score (nSPS) is 15.0. The number of amides is 1. The van der Waals surface area contributed by atoms with Crippen LogP contribution in [0, 0.1) is 6.92 Å². The van der Waals surface area contributed by atoms with Gasteiger partial charge in [-0.1, -0.05) is 18.2 Å². The van der Waals surface area contributed by atoms with Gasteiger partial charge in [-0.05, 0) is 31.7 Å². The highest BCUT2D eigenvalue weighted by Crippen LogP contribution is 2.16. The number of rotatable bonds is 5. The van der Waals surface area contributed by atoms with Gasteiger partial charge in [0.2, 0.25) is 5.91 Å². The van der Waals surface area contributed by atoms with Gasteiger partial charge in [-0.25, -0.2) is 4.68 Å². The topological polar surface area (TPSA) is 53.4 Å². The highest BCUT2D eigenvalue weighted by Gasteiger charge is 2.18. The van der Waals surface area contributed by atoms with E-state index in [-0.39, 0.29) is 5.91 Å². The van der Waals surface area contributed by atoms with Crippen molar-refractivity contribution in [3.8, 4) is 5.69 Å². The zero-order chi connectivity index (χ0) is 16.9. The van der Waals surface area contributed by atoms with Crippen LogP contribution >= 0.6 is 0 Å². The van der Waals surface area contributed by atoms with E-state index < -0.39 is 0 Å². The van der Waals surface area contributed by atoms with Crippen LogP contribution in [0.4, 0.5) is 0 Å². The second kappa shape index (κ2) is 7.59. The van der Waals surface area contributed by atoms with Crippen molar-refractivity contribution >= 4 is 5.91 Å². The first-order valence-electron chi connectivity index (χ1n) is 8.41. The Hall–Kier alpha value is -2.18. The zero-order valence-corrected chi connectivity index (χ0v) is 14.4. The van der Waals surface area contributed by atoms with Crippen LogP contribution in [0.1, 0.15) is 11.3 Å². The molecule has 0 saturated carbocycles. The summed E-state index contributed by atoms with van der Waals surface area (Å²) >= 11 is 0. The Morgan fingerprint density at radius 3 is 2.75 bits per heavy atom. The van der Waals surface area contributed by atoms with E-state index in [0.29, 0.717) is 13.1 Å². The van der Waals surface area contributed by atoms with Crippen LogP contribution in [-0.2, 0) is 11.3 Å². The number of aryl methyl sites for hydroxylation is 1. The molecule has 1 aromatic carbocycles. The molecule has 1 aromatic heterocycles. The minimum Gasteiger partial charge on any atom is -0.339 e. The molecule has 0 radical (unpaired) electrons. The Morgan fingerprint density at radius 2 is 2.00 bits per heavy atom. The molecule has 6 heteroatoms. The van der Waals surface area contributed by atoms with E-state index in [2.05, 4.69) is 34.4 Å². The van der Waals surface area contributed by atoms with Gasteiger partial charge in [-0.15, -0.1) is 0 Å². The fourth-order valence-corrected chi connectivity index (χ4v) is 3.05. The molecule has 2 aromatic rings. The number of piperazine rings is 1. The molecule has 0 bridgehead atoms. The molecule has 1 aliphatic heterocycles. The quantitative estimate of drug-likeness (QED) is 0.892. The molecule has 1 N–H and O–H groups in total. The molecule has 2 heterocycles. The van der Waals surface area contributed by atoms with E-state index in [1.807, 2.05) is 41.0 Å². The minimum absolute atomic E-state index is 0.195. The zero-order valence-electron chi connectivity index (χ0n) is 14.4. The number of nitrogens with zero attached hydrogens (tertiary/aromatic N) is 4. The fraction of sp³-hybridized carbons (Fsp3) is 0.444. The van der Waals surface area contributed by atoms with Crippen molar-refractivity contribution < 1.29 is 4.79 Å². The predicted molar refractivity (Wildman–Crippen MR) is 94.1 cm³/mol. The molecule has 0 aliphatic carbocycles. The lowest BCUT2D eigenvalue weighted by Gasteiger charge is -2.29. The number of para-hydroxylation sites is 1. The summed E-state index contributed by atoms with van der Waals surface area (Å²) in [5.74, 6) is 0.195. The summed E-state index contributed by atoms with van der Waals surface area (Å²) in [7, 11) is 1.98. The molecule has 128 valence electrons. The molecule has 1 fully saturated rings. The lowest BCUT2D eigenvalue weighted by Crippen LogP contribution is -2.49. The smallest absolute Gasteiger partial charge is 0.236 e. The van der Waals surface area contributed by atoms with Gasteiger partial charge >= 0.3 is 0 Å². The van der Waals surface area contributed by atoms with E-state index in [9.17, 15) is 4.79 Å². The summed E-state index contributed by atoms with van der Waals surface area (Å²) in [5.41, 5.74) is 3.35. The summed E-state index contributed by atoms with van der Waals surface area (Å²) < 4.78 is 1.96. The standard InChI is InChI=1S/C18H25N5O/c1-15-5-3-4-6-17(15)23-16(7-8-20-23)13-21(2)14-18(24)22-11-9-19-10-12-22/h3-8,19H,9-14H2,1-2H3. The van der Waals surface area contributed by atoms with Crippen LogP contribution in [0.3, 0.4) is 0 Å². The second-order valence-electron chi connectivity index (χ2n) is 6.32. The molecule has 0 atom stereocenters. The third kappa shape index (κ3) is 3.83. The summed E-state index contributed by atoms with van der Waals surface area (Å²) in [6.45, 7) is 6.57. The monoisotopic (exact) mass is 327 g/mol. The molecular weight excluding hydrogens is 302 g/mol. The van der Waals surface area contributed by atoms with E-state index >= 15 is 0 Å². The SMILES string of the molecule is Cc1ccccc1-n1nccc1CN(C)CC(=O)N1CCNCC1. The van der Waals surface area contributed by atoms with Gasteiger partial charge < -0.3 is 10.2 Å². The van der Waals surface area contributed by atoms with E-state index in [0.717, 1.165) is 37.6 Å². The third-order valence-electron chi connectivity index (χ3n) is 4.37. The van der Waals surface area contributed by atoms with Crippen LogP contribution in [0.25, 0.3) is 5.69 Å². The molecule has 1 amide bonds. The van der Waals surface area contributed by atoms with E-state index in [1.54, 1.807) is 0 Å². The Labute approximate surface area is 143 Å². The van der Waals surface area contributed by atoms with Gasteiger partial charge in [-0.2, -0.15) is 5.10 Å². The van der Waals surface area contributed by atoms with Crippen LogP contribution < -0.4 is 5.32 Å². The van der Waals surface area contributed by atoms with Crippen molar-refractivity contribution in [3.63, 3.8) is 0 Å². The maximum absolute atomic E-state index is 12.4. The lowest BCUT2D eigenvalue weighted by molar-refractivity contribution is -0.132. The molecule has 24 heavy (non-hydrogen) atoms. The summed E-state index contributed by atoms with van der Waals surface area (Å²) in [5, 5.41) is 7.73. The second-order valence-corrected chi connectivity index (χ2v) is 6.32. The van der Waals surface area contributed by atoms with Crippen molar-refractivity contribution in [1.29, 1.82) is 0 Å². The van der Waals surface area contributed by atoms with Gasteiger partial charge in [-0.3, -0.25) is 9.69 Å². The number of hydrogen-bond acceptors (Lipinski definition) is 4. The van der Waals surface area contributed by atoms with Crippen molar-refractivity contribution in [3.05, 3.63) is 47.8 Å². The number of carbonyl (C=O) groups excluding carboxylic acids is 1. The molecule has 1 aliphatic rings. The van der Waals surface area contributed by atoms with Crippen molar-refractivity contribution in [2.75, 3.05) is 39.8 Å². The molecule has 0 unspecified atom stereocenters. The average molecular weight is 327 g/mol. The highest BCUT2D eigenvalue weighted by molar-refractivity contribution is 5.78. The summed E-state index contributed by atoms with van der Waals surface area (Å²) in [6, 6.07) is 10.2. The third-order valence-corrected chi connectivity index (χ3v) is 4.37. The van der Waals surface area contributed by atoms with Crippen molar-refractivity contribution in [1.82, 2.24) is 24.9 Å². The van der Waals surface area contributed by atoms with Gasteiger partial charge in [0, 0.05) is 38.9 Å². The van der Waals surface area contributed by atoms with Crippen molar-refractivity contribution in [2.45, 2.75) is 13.5 Å². The van der Waals surface area contributed by atoms with Crippen LogP contribution in [0.5, 0.6) is 0 Å². The molecule has 3 rings (SSSR count). The van der Waals surface area contributed by atoms with Gasteiger partial charge in [0.15, 0.2) is 0 Å². The van der Waals surface area contributed by atoms with E-state index in [1.165, 1.54) is 5.56 Å². The number of benzene rings is 1. The predicted octanol–water partition coefficient (Wildman–Crippen LogP) is 1.04. The van der Waals surface area contributed by atoms with Crippen LogP contribution in [0.15, 0.2) is 36.5 Å². The first-order valence-corrected chi connectivity index (χ1v) is 8.41. The molecule has 6 nitrogen and oxygen atoms in total. The minimum atomic E-state index is 0.195. The number of hydrogen-bond donors (Lipinski definition) is 1.